The van der Waals surface area contributed by atoms with Gasteiger partial charge in [-0.25, -0.2) is 0 Å². The second-order valence-corrected chi connectivity index (χ2v) is 8.20. The van der Waals surface area contributed by atoms with Crippen LogP contribution in [-0.2, 0) is 11.8 Å². The molecular weight excluding hydrogens is 280 g/mol. The third-order valence-corrected chi connectivity index (χ3v) is 4.29. The Morgan fingerprint density at radius 2 is 1.39 bits per heavy atom. The quantitative estimate of drug-likeness (QED) is 0.633. The second-order valence-electron chi connectivity index (χ2n) is 8.20. The van der Waals surface area contributed by atoms with E-state index >= 15 is 0 Å². The van der Waals surface area contributed by atoms with Crippen molar-refractivity contribution in [2.24, 2.45) is 5.41 Å². The van der Waals surface area contributed by atoms with Gasteiger partial charge in [-0.3, -0.25) is 0 Å². The average molecular weight is 310 g/mol. The SMILES string of the molecule is CC(C)(CCOc1ccc(C(C)(C)C)cc1)Cc1ccccc1. The Hall–Kier alpha value is -1.76. The molecule has 0 aromatic heterocycles. The van der Waals surface area contributed by atoms with Crippen LogP contribution in [0.3, 0.4) is 0 Å². The molecule has 0 amide bonds. The first-order valence-electron chi connectivity index (χ1n) is 8.54. The van der Waals surface area contributed by atoms with Crippen LogP contribution < -0.4 is 4.74 Å². The van der Waals surface area contributed by atoms with Crippen LogP contribution >= 0.6 is 0 Å². The molecule has 0 aliphatic carbocycles. The molecule has 2 aromatic carbocycles. The minimum Gasteiger partial charge on any atom is -0.494 e. The fourth-order valence-corrected chi connectivity index (χ4v) is 2.73. The van der Waals surface area contributed by atoms with E-state index in [9.17, 15) is 0 Å². The van der Waals surface area contributed by atoms with Crippen molar-refractivity contribution < 1.29 is 4.74 Å². The van der Waals surface area contributed by atoms with E-state index in [0.717, 1.165) is 25.2 Å². The summed E-state index contributed by atoms with van der Waals surface area (Å²) < 4.78 is 5.95. The molecular formula is C22H30O. The zero-order chi connectivity index (χ0) is 16.9. The van der Waals surface area contributed by atoms with Crippen LogP contribution in [0.15, 0.2) is 54.6 Å². The molecule has 0 saturated carbocycles. The number of hydrogen-bond donors (Lipinski definition) is 0. The fraction of sp³-hybridized carbons (Fsp3) is 0.455. The summed E-state index contributed by atoms with van der Waals surface area (Å²) >= 11 is 0. The van der Waals surface area contributed by atoms with Crippen LogP contribution in [0.1, 0.15) is 52.2 Å². The molecule has 0 fully saturated rings. The molecule has 0 saturated heterocycles. The van der Waals surface area contributed by atoms with Crippen LogP contribution in [-0.4, -0.2) is 6.61 Å². The summed E-state index contributed by atoms with van der Waals surface area (Å²) in [7, 11) is 0. The molecule has 0 spiro atoms. The maximum absolute atomic E-state index is 5.95. The Morgan fingerprint density at radius 1 is 0.783 bits per heavy atom. The first-order valence-corrected chi connectivity index (χ1v) is 8.54. The Morgan fingerprint density at radius 3 is 1.96 bits per heavy atom. The highest BCUT2D eigenvalue weighted by Gasteiger charge is 2.18. The predicted molar refractivity (Wildman–Crippen MR) is 99.2 cm³/mol. The molecule has 0 atom stereocenters. The molecule has 1 heteroatoms. The van der Waals surface area contributed by atoms with E-state index in [2.05, 4.69) is 89.2 Å². The van der Waals surface area contributed by atoms with E-state index in [0.29, 0.717) is 0 Å². The molecule has 0 heterocycles. The van der Waals surface area contributed by atoms with Crippen molar-refractivity contribution in [3.63, 3.8) is 0 Å². The zero-order valence-corrected chi connectivity index (χ0v) is 15.2. The van der Waals surface area contributed by atoms with Gasteiger partial charge in [0.25, 0.3) is 0 Å². The van der Waals surface area contributed by atoms with E-state index in [1.165, 1.54) is 11.1 Å². The summed E-state index contributed by atoms with van der Waals surface area (Å²) in [6.07, 6.45) is 2.13. The lowest BCUT2D eigenvalue weighted by Gasteiger charge is -2.25. The molecule has 0 aliphatic heterocycles. The molecule has 0 radical (unpaired) electrons. The summed E-state index contributed by atoms with van der Waals surface area (Å²) in [5.41, 5.74) is 3.17. The largest absolute Gasteiger partial charge is 0.494 e. The highest BCUT2D eigenvalue weighted by atomic mass is 16.5. The molecule has 124 valence electrons. The lowest BCUT2D eigenvalue weighted by Crippen LogP contribution is -2.18. The zero-order valence-electron chi connectivity index (χ0n) is 15.2. The van der Waals surface area contributed by atoms with Gasteiger partial charge in [0, 0.05) is 0 Å². The molecule has 0 aliphatic rings. The van der Waals surface area contributed by atoms with Gasteiger partial charge in [-0.1, -0.05) is 77.1 Å². The Balaban J connectivity index is 1.84. The summed E-state index contributed by atoms with van der Waals surface area (Å²) in [4.78, 5) is 0. The van der Waals surface area contributed by atoms with Crippen LogP contribution in [0.5, 0.6) is 5.75 Å². The van der Waals surface area contributed by atoms with Gasteiger partial charge in [-0.05, 0) is 46.9 Å². The van der Waals surface area contributed by atoms with Crippen molar-refractivity contribution in [3.05, 3.63) is 65.7 Å². The minimum atomic E-state index is 0.191. The first kappa shape index (κ1) is 17.6. The number of hydrogen-bond acceptors (Lipinski definition) is 1. The number of rotatable bonds is 6. The summed E-state index contributed by atoms with van der Waals surface area (Å²) in [6.45, 7) is 12.1. The van der Waals surface area contributed by atoms with Gasteiger partial charge in [0.2, 0.25) is 0 Å². The predicted octanol–water partition coefficient (Wildman–Crippen LogP) is 6.02. The second kappa shape index (κ2) is 7.21. The van der Waals surface area contributed by atoms with E-state index in [1.54, 1.807) is 0 Å². The van der Waals surface area contributed by atoms with Crippen molar-refractivity contribution in [3.8, 4) is 5.75 Å². The van der Waals surface area contributed by atoms with Crippen molar-refractivity contribution >= 4 is 0 Å². The Labute approximate surface area is 141 Å². The highest BCUT2D eigenvalue weighted by Crippen LogP contribution is 2.27. The van der Waals surface area contributed by atoms with Gasteiger partial charge < -0.3 is 4.74 Å². The van der Waals surface area contributed by atoms with E-state index in [1.807, 2.05) is 0 Å². The van der Waals surface area contributed by atoms with E-state index in [4.69, 9.17) is 4.74 Å². The Kier molecular flexibility index (Phi) is 5.51. The Bertz CT molecular complexity index is 588. The molecule has 0 N–H and O–H groups in total. The summed E-state index contributed by atoms with van der Waals surface area (Å²) in [5, 5.41) is 0. The molecule has 23 heavy (non-hydrogen) atoms. The van der Waals surface area contributed by atoms with Crippen LogP contribution in [0, 0.1) is 5.41 Å². The third-order valence-electron chi connectivity index (χ3n) is 4.29. The maximum atomic E-state index is 5.95. The van der Waals surface area contributed by atoms with Gasteiger partial charge in [0.05, 0.1) is 6.61 Å². The van der Waals surface area contributed by atoms with Crippen LogP contribution in [0.2, 0.25) is 0 Å². The minimum absolute atomic E-state index is 0.191. The third kappa shape index (κ3) is 5.74. The standard InChI is InChI=1S/C22H30O/c1-21(2,3)19-11-13-20(14-12-19)23-16-15-22(4,5)17-18-9-7-6-8-10-18/h6-14H,15-17H2,1-5H3. The van der Waals surface area contributed by atoms with E-state index < -0.39 is 0 Å². The fourth-order valence-electron chi connectivity index (χ4n) is 2.73. The van der Waals surface area contributed by atoms with Gasteiger partial charge >= 0.3 is 0 Å². The van der Waals surface area contributed by atoms with E-state index in [-0.39, 0.29) is 10.8 Å². The van der Waals surface area contributed by atoms with Crippen molar-refractivity contribution in [1.29, 1.82) is 0 Å². The van der Waals surface area contributed by atoms with Gasteiger partial charge in [0.15, 0.2) is 0 Å². The smallest absolute Gasteiger partial charge is 0.119 e. The topological polar surface area (TPSA) is 9.23 Å². The highest BCUT2D eigenvalue weighted by molar-refractivity contribution is 5.31. The lowest BCUT2D eigenvalue weighted by atomic mass is 9.83. The normalized spacial score (nSPS) is 12.2. The van der Waals surface area contributed by atoms with Gasteiger partial charge in [0.1, 0.15) is 5.75 Å². The molecule has 1 nitrogen and oxygen atoms in total. The van der Waals surface area contributed by atoms with Gasteiger partial charge in [-0.15, -0.1) is 0 Å². The molecule has 2 aromatic rings. The summed E-state index contributed by atoms with van der Waals surface area (Å²) in [6, 6.07) is 19.2. The average Bonchev–Trinajstić information content (AvgIpc) is 2.47. The van der Waals surface area contributed by atoms with Crippen molar-refractivity contribution in [1.82, 2.24) is 0 Å². The van der Waals surface area contributed by atoms with Crippen LogP contribution in [0.25, 0.3) is 0 Å². The number of ether oxygens (including phenoxy) is 1. The first-order chi connectivity index (χ1) is 10.8. The van der Waals surface area contributed by atoms with Crippen molar-refractivity contribution in [2.45, 2.75) is 52.9 Å². The van der Waals surface area contributed by atoms with Gasteiger partial charge in [-0.2, -0.15) is 0 Å². The lowest BCUT2D eigenvalue weighted by molar-refractivity contribution is 0.227. The monoisotopic (exact) mass is 310 g/mol. The number of benzene rings is 2. The molecule has 2 rings (SSSR count). The molecule has 0 bridgehead atoms. The molecule has 0 unspecified atom stereocenters. The van der Waals surface area contributed by atoms with Crippen molar-refractivity contribution in [2.75, 3.05) is 6.61 Å². The van der Waals surface area contributed by atoms with Crippen LogP contribution in [0.4, 0.5) is 0 Å². The maximum Gasteiger partial charge on any atom is 0.119 e. The summed E-state index contributed by atoms with van der Waals surface area (Å²) in [5.74, 6) is 0.966.